The topological polar surface area (TPSA) is 73.2 Å². The van der Waals surface area contributed by atoms with Crippen molar-refractivity contribution in [2.45, 2.75) is 40.3 Å². The minimum Gasteiger partial charge on any atom is -0.448 e. The fourth-order valence-corrected chi connectivity index (χ4v) is 3.82. The number of ether oxygens (including phenoxy) is 1. The van der Waals surface area contributed by atoms with Crippen LogP contribution in [0.4, 0.5) is 0 Å². The van der Waals surface area contributed by atoms with Crippen LogP contribution in [0.15, 0.2) is 30.3 Å². The van der Waals surface area contributed by atoms with Gasteiger partial charge in [-0.15, -0.1) is 11.3 Å². The van der Waals surface area contributed by atoms with Crippen molar-refractivity contribution in [3.05, 3.63) is 52.0 Å². The average Bonchev–Trinajstić information content (AvgIpc) is 3.19. The molecule has 0 saturated heterocycles. The fraction of sp³-hybridized carbons (Fsp3) is 0.350. The van der Waals surface area contributed by atoms with Gasteiger partial charge in [-0.05, 0) is 39.3 Å². The third kappa shape index (κ3) is 4.19. The van der Waals surface area contributed by atoms with E-state index in [0.717, 1.165) is 21.5 Å². The number of aromatic nitrogens is 2. The van der Waals surface area contributed by atoms with Crippen LogP contribution in [0.2, 0.25) is 0 Å². The van der Waals surface area contributed by atoms with E-state index in [4.69, 9.17) is 4.74 Å². The largest absolute Gasteiger partial charge is 0.448 e. The first kappa shape index (κ1) is 19.1. The summed E-state index contributed by atoms with van der Waals surface area (Å²) >= 11 is 1.34. The molecule has 0 bridgehead atoms. The van der Waals surface area contributed by atoms with Gasteiger partial charge in [0.05, 0.1) is 12.2 Å². The molecule has 3 aromatic rings. The Morgan fingerprint density at radius 1 is 1.26 bits per heavy atom. The second-order valence-electron chi connectivity index (χ2n) is 6.50. The number of thiophene rings is 1. The second kappa shape index (κ2) is 7.92. The summed E-state index contributed by atoms with van der Waals surface area (Å²) in [5.74, 6) is -0.787. The molecule has 3 rings (SSSR count). The summed E-state index contributed by atoms with van der Waals surface area (Å²) < 4.78 is 7.20. The lowest BCUT2D eigenvalue weighted by atomic mass is 10.1. The molecule has 0 aliphatic rings. The molecule has 0 fully saturated rings. The SMILES string of the molecule is CCNC(=O)[C@H](C)OC(=O)c1cc2c(C)nn(Cc3ccc(C)cc3)c2s1. The Bertz CT molecular complexity index is 972. The molecule has 6 nitrogen and oxygen atoms in total. The Balaban J connectivity index is 1.81. The lowest BCUT2D eigenvalue weighted by Gasteiger charge is -2.11. The maximum Gasteiger partial charge on any atom is 0.349 e. The van der Waals surface area contributed by atoms with Gasteiger partial charge in [0.15, 0.2) is 6.10 Å². The summed E-state index contributed by atoms with van der Waals surface area (Å²) in [4.78, 5) is 25.6. The Kier molecular flexibility index (Phi) is 5.60. The molecule has 0 saturated carbocycles. The first-order chi connectivity index (χ1) is 12.9. The van der Waals surface area contributed by atoms with E-state index in [1.807, 2.05) is 18.5 Å². The van der Waals surface area contributed by atoms with Gasteiger partial charge in [-0.25, -0.2) is 4.79 Å². The number of nitrogens with one attached hydrogen (secondary N) is 1. The highest BCUT2D eigenvalue weighted by Gasteiger charge is 2.22. The number of nitrogens with zero attached hydrogens (tertiary/aromatic N) is 2. The van der Waals surface area contributed by atoms with Gasteiger partial charge in [-0.1, -0.05) is 29.8 Å². The number of carbonyl (C=O) groups excluding carboxylic acids is 2. The zero-order valence-corrected chi connectivity index (χ0v) is 16.7. The Labute approximate surface area is 162 Å². The van der Waals surface area contributed by atoms with Crippen LogP contribution in [0.1, 0.15) is 40.3 Å². The summed E-state index contributed by atoms with van der Waals surface area (Å²) in [6.07, 6.45) is -0.826. The van der Waals surface area contributed by atoms with Crippen LogP contribution in [-0.4, -0.2) is 34.3 Å². The third-order valence-electron chi connectivity index (χ3n) is 4.27. The monoisotopic (exact) mass is 385 g/mol. The first-order valence-corrected chi connectivity index (χ1v) is 9.72. The average molecular weight is 385 g/mol. The smallest absolute Gasteiger partial charge is 0.349 e. The van der Waals surface area contributed by atoms with E-state index >= 15 is 0 Å². The standard InChI is InChI=1S/C20H23N3O3S/c1-5-21-18(24)14(4)26-20(25)17-10-16-13(3)22-23(19(16)27-17)11-15-8-6-12(2)7-9-15/h6-10,14H,5,11H2,1-4H3,(H,21,24)/t14-/m0/s1. The maximum absolute atomic E-state index is 12.4. The molecular weight excluding hydrogens is 362 g/mol. The normalized spacial score (nSPS) is 12.1. The van der Waals surface area contributed by atoms with Crippen LogP contribution < -0.4 is 5.32 Å². The van der Waals surface area contributed by atoms with E-state index in [0.29, 0.717) is 18.0 Å². The summed E-state index contributed by atoms with van der Waals surface area (Å²) in [5.41, 5.74) is 3.22. The van der Waals surface area contributed by atoms with Crippen molar-refractivity contribution in [2.24, 2.45) is 0 Å². The molecule has 1 atom stereocenters. The number of likely N-dealkylation sites (N-methyl/N-ethyl adjacent to an activating group) is 1. The minimum atomic E-state index is -0.826. The van der Waals surface area contributed by atoms with Gasteiger partial charge >= 0.3 is 5.97 Å². The van der Waals surface area contributed by atoms with Gasteiger partial charge < -0.3 is 10.1 Å². The van der Waals surface area contributed by atoms with Gasteiger partial charge in [0, 0.05) is 11.9 Å². The summed E-state index contributed by atoms with van der Waals surface area (Å²) in [7, 11) is 0. The van der Waals surface area contributed by atoms with E-state index in [1.54, 1.807) is 13.0 Å². The van der Waals surface area contributed by atoms with E-state index in [2.05, 4.69) is 41.6 Å². The van der Waals surface area contributed by atoms with Gasteiger partial charge in [-0.2, -0.15) is 5.10 Å². The number of carbonyl (C=O) groups is 2. The number of fused-ring (bicyclic) bond motifs is 1. The van der Waals surface area contributed by atoms with Crippen LogP contribution in [0.5, 0.6) is 0 Å². The molecule has 142 valence electrons. The van der Waals surface area contributed by atoms with Crippen molar-refractivity contribution in [1.29, 1.82) is 0 Å². The number of amides is 1. The third-order valence-corrected chi connectivity index (χ3v) is 5.39. The Morgan fingerprint density at radius 2 is 1.96 bits per heavy atom. The Hall–Kier alpha value is -2.67. The number of esters is 1. The van der Waals surface area contributed by atoms with Crippen molar-refractivity contribution in [1.82, 2.24) is 15.1 Å². The van der Waals surface area contributed by atoms with E-state index in [9.17, 15) is 9.59 Å². The van der Waals surface area contributed by atoms with Gasteiger partial charge in [0.25, 0.3) is 5.91 Å². The molecule has 27 heavy (non-hydrogen) atoms. The second-order valence-corrected chi connectivity index (χ2v) is 7.53. The van der Waals surface area contributed by atoms with Crippen molar-refractivity contribution in [2.75, 3.05) is 6.54 Å². The molecule has 0 spiro atoms. The molecule has 1 aromatic carbocycles. The number of aryl methyl sites for hydroxylation is 2. The predicted octanol–water partition coefficient (Wildman–Crippen LogP) is 3.44. The molecule has 1 amide bonds. The molecule has 2 heterocycles. The summed E-state index contributed by atoms with van der Waals surface area (Å²) in [6, 6.07) is 10.1. The highest BCUT2D eigenvalue weighted by Crippen LogP contribution is 2.29. The molecule has 7 heteroatoms. The van der Waals surface area contributed by atoms with Crippen molar-refractivity contribution in [3.63, 3.8) is 0 Å². The lowest BCUT2D eigenvalue weighted by Crippen LogP contribution is -2.35. The van der Waals surface area contributed by atoms with E-state index < -0.39 is 12.1 Å². The predicted molar refractivity (Wildman–Crippen MR) is 106 cm³/mol. The van der Waals surface area contributed by atoms with Gasteiger partial charge in [0.2, 0.25) is 0 Å². The zero-order valence-electron chi connectivity index (χ0n) is 15.9. The summed E-state index contributed by atoms with van der Waals surface area (Å²) in [5, 5.41) is 8.17. The highest BCUT2D eigenvalue weighted by molar-refractivity contribution is 7.20. The molecular formula is C20H23N3O3S. The molecule has 0 aliphatic carbocycles. The van der Waals surface area contributed by atoms with E-state index in [1.165, 1.54) is 16.9 Å². The number of rotatable bonds is 6. The number of hydrogen-bond acceptors (Lipinski definition) is 5. The molecule has 0 radical (unpaired) electrons. The fourth-order valence-electron chi connectivity index (χ4n) is 2.78. The molecule has 1 N–H and O–H groups in total. The van der Waals surface area contributed by atoms with Crippen molar-refractivity contribution >= 4 is 33.4 Å². The molecule has 2 aromatic heterocycles. The lowest BCUT2D eigenvalue weighted by molar-refractivity contribution is -0.128. The van der Waals surface area contributed by atoms with Crippen LogP contribution >= 0.6 is 11.3 Å². The first-order valence-electron chi connectivity index (χ1n) is 8.90. The van der Waals surface area contributed by atoms with Gasteiger partial charge in [0.1, 0.15) is 9.71 Å². The van der Waals surface area contributed by atoms with Crippen LogP contribution in [0.25, 0.3) is 10.2 Å². The number of benzene rings is 1. The van der Waals surface area contributed by atoms with Crippen LogP contribution in [-0.2, 0) is 16.1 Å². The number of hydrogen-bond donors (Lipinski definition) is 1. The molecule has 0 unspecified atom stereocenters. The quantitative estimate of drug-likeness (QED) is 0.660. The Morgan fingerprint density at radius 3 is 2.63 bits per heavy atom. The van der Waals surface area contributed by atoms with Crippen LogP contribution in [0, 0.1) is 13.8 Å². The van der Waals surface area contributed by atoms with Crippen LogP contribution in [0.3, 0.4) is 0 Å². The molecule has 0 aliphatic heterocycles. The highest BCUT2D eigenvalue weighted by atomic mass is 32.1. The zero-order chi connectivity index (χ0) is 19.6. The minimum absolute atomic E-state index is 0.298. The van der Waals surface area contributed by atoms with Gasteiger partial charge in [-0.3, -0.25) is 9.48 Å². The maximum atomic E-state index is 12.4. The van der Waals surface area contributed by atoms with Crippen molar-refractivity contribution < 1.29 is 14.3 Å². The van der Waals surface area contributed by atoms with E-state index in [-0.39, 0.29) is 5.91 Å². The summed E-state index contributed by atoms with van der Waals surface area (Å²) in [6.45, 7) is 8.50. The van der Waals surface area contributed by atoms with Crippen molar-refractivity contribution in [3.8, 4) is 0 Å².